The molecule has 8 heteroatoms. The van der Waals surface area contributed by atoms with Gasteiger partial charge < -0.3 is 14.7 Å². The molecule has 0 spiro atoms. The molecular weight excluding hydrogens is 234 g/mol. The average molecular weight is 243 g/mol. The van der Waals surface area contributed by atoms with Crippen molar-refractivity contribution in [2.45, 2.75) is 6.10 Å². The van der Waals surface area contributed by atoms with Gasteiger partial charge in [-0.15, -0.1) is 5.10 Å². The van der Waals surface area contributed by atoms with Crippen molar-refractivity contribution in [3.8, 4) is 0 Å². The van der Waals surface area contributed by atoms with Crippen molar-refractivity contribution in [2.24, 2.45) is 0 Å². The summed E-state index contributed by atoms with van der Waals surface area (Å²) >= 11 is 0.994. The van der Waals surface area contributed by atoms with Gasteiger partial charge in [0.2, 0.25) is 0 Å². The van der Waals surface area contributed by atoms with Gasteiger partial charge in [-0.25, -0.2) is 4.79 Å². The lowest BCUT2D eigenvalue weighted by atomic mass is 10.2. The number of amides is 1. The number of hydrogen-bond donors (Lipinski definition) is 1. The predicted molar refractivity (Wildman–Crippen MR) is 53.2 cm³/mol. The molecule has 1 aliphatic heterocycles. The quantitative estimate of drug-likeness (QED) is 0.750. The first-order chi connectivity index (χ1) is 7.68. The maximum atomic E-state index is 11.8. The number of aliphatic carboxylic acids is 1. The molecule has 1 atom stereocenters. The van der Waals surface area contributed by atoms with Crippen LogP contribution in [0.4, 0.5) is 0 Å². The zero-order chi connectivity index (χ0) is 11.5. The Morgan fingerprint density at radius 3 is 3.06 bits per heavy atom. The molecule has 2 heterocycles. The van der Waals surface area contributed by atoms with E-state index in [-0.39, 0.29) is 19.1 Å². The molecule has 86 valence electrons. The number of ether oxygens (including phenoxy) is 1. The molecule has 0 aliphatic carbocycles. The van der Waals surface area contributed by atoms with Crippen LogP contribution in [0.15, 0.2) is 6.20 Å². The molecule has 2 rings (SSSR count). The van der Waals surface area contributed by atoms with Gasteiger partial charge in [-0.1, -0.05) is 4.49 Å². The summed E-state index contributed by atoms with van der Waals surface area (Å²) in [6.45, 7) is 0.682. The summed E-state index contributed by atoms with van der Waals surface area (Å²) in [7, 11) is 0. The van der Waals surface area contributed by atoms with E-state index >= 15 is 0 Å². The Morgan fingerprint density at radius 2 is 2.44 bits per heavy atom. The van der Waals surface area contributed by atoms with Crippen LogP contribution in [0.3, 0.4) is 0 Å². The average Bonchev–Trinajstić information content (AvgIpc) is 2.81. The first kappa shape index (κ1) is 11.0. The molecule has 1 unspecified atom stereocenters. The monoisotopic (exact) mass is 243 g/mol. The number of carboxylic acids is 1. The van der Waals surface area contributed by atoms with Crippen LogP contribution < -0.4 is 0 Å². The Kier molecular flexibility index (Phi) is 3.11. The van der Waals surface area contributed by atoms with E-state index in [2.05, 4.69) is 9.59 Å². The summed E-state index contributed by atoms with van der Waals surface area (Å²) in [5.74, 6) is -1.30. The normalized spacial score (nSPS) is 20.8. The first-order valence-electron chi connectivity index (χ1n) is 4.59. The second kappa shape index (κ2) is 4.54. The number of hydrogen-bond acceptors (Lipinski definition) is 6. The Balaban J connectivity index is 2.05. The largest absolute Gasteiger partial charge is 0.479 e. The van der Waals surface area contributed by atoms with Crippen molar-refractivity contribution in [3.63, 3.8) is 0 Å². The van der Waals surface area contributed by atoms with Gasteiger partial charge in [0.1, 0.15) is 4.88 Å². The molecule has 7 nitrogen and oxygen atoms in total. The number of aromatic nitrogens is 2. The molecule has 1 amide bonds. The second-order valence-corrected chi connectivity index (χ2v) is 4.02. The van der Waals surface area contributed by atoms with Crippen molar-refractivity contribution < 1.29 is 19.4 Å². The maximum Gasteiger partial charge on any atom is 0.334 e. The highest BCUT2D eigenvalue weighted by molar-refractivity contribution is 7.07. The Bertz CT molecular complexity index is 394. The molecule has 0 radical (unpaired) electrons. The number of rotatable bonds is 2. The van der Waals surface area contributed by atoms with Gasteiger partial charge in [-0.3, -0.25) is 4.79 Å². The Labute approximate surface area is 94.8 Å². The number of carboxylic acid groups (broad SMARTS) is 1. The van der Waals surface area contributed by atoms with Gasteiger partial charge in [-0.2, -0.15) is 0 Å². The third kappa shape index (κ3) is 2.17. The molecule has 1 aliphatic rings. The standard InChI is InChI=1S/C8H9N3O4S/c12-7(6-3-9-10-16-6)11-1-2-15-5(4-11)8(13)14/h3,5H,1-2,4H2,(H,13,14). The molecule has 16 heavy (non-hydrogen) atoms. The minimum Gasteiger partial charge on any atom is -0.479 e. The van der Waals surface area contributed by atoms with E-state index in [1.165, 1.54) is 11.1 Å². The lowest BCUT2D eigenvalue weighted by molar-refractivity contribution is -0.154. The second-order valence-electron chi connectivity index (χ2n) is 3.23. The van der Waals surface area contributed by atoms with E-state index in [0.29, 0.717) is 11.4 Å². The van der Waals surface area contributed by atoms with E-state index in [1.54, 1.807) is 0 Å². The molecule has 1 fully saturated rings. The fraction of sp³-hybridized carbons (Fsp3) is 0.500. The van der Waals surface area contributed by atoms with Gasteiger partial charge in [0.15, 0.2) is 6.10 Å². The molecular formula is C8H9N3O4S. The van der Waals surface area contributed by atoms with Crippen LogP contribution in [0, 0.1) is 0 Å². The van der Waals surface area contributed by atoms with Crippen LogP contribution >= 0.6 is 11.5 Å². The van der Waals surface area contributed by atoms with E-state index in [0.717, 1.165) is 11.5 Å². The predicted octanol–water partition coefficient (Wildman–Crippen LogP) is -0.536. The molecule has 0 bridgehead atoms. The SMILES string of the molecule is O=C(O)C1CN(C(=O)c2cnns2)CCO1. The fourth-order valence-corrected chi connectivity index (χ4v) is 1.88. The summed E-state index contributed by atoms with van der Waals surface area (Å²) in [4.78, 5) is 24.4. The van der Waals surface area contributed by atoms with Gasteiger partial charge in [0.25, 0.3) is 5.91 Å². The van der Waals surface area contributed by atoms with Gasteiger partial charge >= 0.3 is 5.97 Å². The lowest BCUT2D eigenvalue weighted by Gasteiger charge is -2.30. The highest BCUT2D eigenvalue weighted by Crippen LogP contribution is 2.12. The number of carbonyl (C=O) groups is 2. The number of morpholine rings is 1. The number of nitrogens with zero attached hydrogens (tertiary/aromatic N) is 3. The van der Waals surface area contributed by atoms with Crippen LogP contribution in [0.2, 0.25) is 0 Å². The van der Waals surface area contributed by atoms with Crippen molar-refractivity contribution in [2.75, 3.05) is 19.7 Å². The van der Waals surface area contributed by atoms with Crippen LogP contribution in [0.25, 0.3) is 0 Å². The molecule has 1 aromatic rings. The van der Waals surface area contributed by atoms with Crippen molar-refractivity contribution in [1.29, 1.82) is 0 Å². The molecule has 0 aromatic carbocycles. The third-order valence-electron chi connectivity index (χ3n) is 2.20. The van der Waals surface area contributed by atoms with Gasteiger partial charge in [0.05, 0.1) is 19.3 Å². The summed E-state index contributed by atoms with van der Waals surface area (Å²) < 4.78 is 8.60. The summed E-state index contributed by atoms with van der Waals surface area (Å²) in [5, 5.41) is 12.3. The van der Waals surface area contributed by atoms with E-state index in [4.69, 9.17) is 9.84 Å². The maximum absolute atomic E-state index is 11.8. The van der Waals surface area contributed by atoms with Crippen LogP contribution in [0.1, 0.15) is 9.67 Å². The molecule has 0 saturated carbocycles. The molecule has 1 saturated heterocycles. The summed E-state index contributed by atoms with van der Waals surface area (Å²) in [5.41, 5.74) is 0. The Hall–Kier alpha value is -1.54. The molecule has 1 N–H and O–H groups in total. The minimum absolute atomic E-state index is 0.0616. The zero-order valence-electron chi connectivity index (χ0n) is 8.20. The van der Waals surface area contributed by atoms with Gasteiger partial charge in [0, 0.05) is 6.54 Å². The summed E-state index contributed by atoms with van der Waals surface area (Å²) in [6, 6.07) is 0. The highest BCUT2D eigenvalue weighted by atomic mass is 32.1. The fourth-order valence-electron chi connectivity index (χ4n) is 1.40. The van der Waals surface area contributed by atoms with Crippen LogP contribution in [0.5, 0.6) is 0 Å². The highest BCUT2D eigenvalue weighted by Gasteiger charge is 2.30. The molecule has 1 aromatic heterocycles. The van der Waals surface area contributed by atoms with Crippen molar-refractivity contribution >= 4 is 23.4 Å². The topological polar surface area (TPSA) is 92.6 Å². The smallest absolute Gasteiger partial charge is 0.334 e. The van der Waals surface area contributed by atoms with Crippen molar-refractivity contribution in [1.82, 2.24) is 14.5 Å². The third-order valence-corrected chi connectivity index (χ3v) is 2.85. The minimum atomic E-state index is -1.06. The summed E-state index contributed by atoms with van der Waals surface area (Å²) in [6.07, 6.45) is 0.427. The van der Waals surface area contributed by atoms with E-state index < -0.39 is 12.1 Å². The van der Waals surface area contributed by atoms with Crippen LogP contribution in [-0.4, -0.2) is 57.3 Å². The van der Waals surface area contributed by atoms with Crippen LogP contribution in [-0.2, 0) is 9.53 Å². The zero-order valence-corrected chi connectivity index (χ0v) is 9.01. The first-order valence-corrected chi connectivity index (χ1v) is 5.37. The van der Waals surface area contributed by atoms with E-state index in [1.807, 2.05) is 0 Å². The van der Waals surface area contributed by atoms with Gasteiger partial charge in [-0.05, 0) is 11.5 Å². The number of carbonyl (C=O) groups excluding carboxylic acids is 1. The van der Waals surface area contributed by atoms with E-state index in [9.17, 15) is 9.59 Å². The van der Waals surface area contributed by atoms with Crippen molar-refractivity contribution in [3.05, 3.63) is 11.1 Å². The lowest BCUT2D eigenvalue weighted by Crippen LogP contribution is -2.48. The Morgan fingerprint density at radius 1 is 1.62 bits per heavy atom.